The van der Waals surface area contributed by atoms with Crippen molar-refractivity contribution in [2.45, 2.75) is 17.7 Å². The molecule has 0 aliphatic rings. The summed E-state index contributed by atoms with van der Waals surface area (Å²) in [6.45, 7) is 0. The number of anilines is 1. The Morgan fingerprint density at radius 3 is 2.43 bits per heavy atom. The van der Waals surface area contributed by atoms with Gasteiger partial charge in [0.05, 0.1) is 7.11 Å². The molecule has 0 spiro atoms. The third kappa shape index (κ3) is 5.84. The molecule has 0 unspecified atom stereocenters. The van der Waals surface area contributed by atoms with Gasteiger partial charge in [-0.2, -0.15) is 4.98 Å². The quantitative estimate of drug-likeness (QED) is 0.568. The van der Waals surface area contributed by atoms with Crippen LogP contribution in [0.5, 0.6) is 5.75 Å². The SMILES string of the molecule is COc1ccc(-c2noc(CCC(=O)Nc3ccc(SC(=O)N(C)C)cc3)n2)cc1. The van der Waals surface area contributed by atoms with E-state index in [0.717, 1.165) is 28.0 Å². The van der Waals surface area contributed by atoms with E-state index < -0.39 is 0 Å². The Bertz CT molecular complexity index is 1000. The third-order valence-corrected chi connectivity index (χ3v) is 5.14. The van der Waals surface area contributed by atoms with E-state index in [4.69, 9.17) is 9.26 Å². The van der Waals surface area contributed by atoms with E-state index in [1.807, 2.05) is 24.3 Å². The van der Waals surface area contributed by atoms with Crippen molar-refractivity contribution in [2.24, 2.45) is 0 Å². The first-order valence-corrected chi connectivity index (χ1v) is 10.0. The van der Waals surface area contributed by atoms with Crippen molar-refractivity contribution in [3.8, 4) is 17.1 Å². The van der Waals surface area contributed by atoms with Crippen molar-refractivity contribution in [2.75, 3.05) is 26.5 Å². The molecule has 0 fully saturated rings. The summed E-state index contributed by atoms with van der Waals surface area (Å²) in [6, 6.07) is 14.4. The van der Waals surface area contributed by atoms with Crippen molar-refractivity contribution >= 4 is 28.6 Å². The molecular weight excluding hydrogens is 404 g/mol. The summed E-state index contributed by atoms with van der Waals surface area (Å²) in [4.78, 5) is 30.6. The standard InChI is InChI=1S/C21H22N4O4S/c1-25(2)21(27)30-17-10-6-15(7-11-17)22-18(26)12-13-19-23-20(24-29-19)14-4-8-16(28-3)9-5-14/h4-11H,12-13H2,1-3H3,(H,22,26). The highest BCUT2D eigenvalue weighted by Crippen LogP contribution is 2.23. The van der Waals surface area contributed by atoms with Gasteiger partial charge in [0.2, 0.25) is 17.6 Å². The predicted octanol–water partition coefficient (Wildman–Crippen LogP) is 4.09. The summed E-state index contributed by atoms with van der Waals surface area (Å²) in [5.74, 6) is 1.44. The molecular formula is C21H22N4O4S. The van der Waals surface area contributed by atoms with E-state index in [1.54, 1.807) is 45.5 Å². The Morgan fingerprint density at radius 1 is 1.10 bits per heavy atom. The molecule has 0 aliphatic carbocycles. The zero-order valence-electron chi connectivity index (χ0n) is 16.9. The fourth-order valence-electron chi connectivity index (χ4n) is 2.46. The van der Waals surface area contributed by atoms with Gasteiger partial charge in [-0.3, -0.25) is 9.59 Å². The fourth-order valence-corrected chi connectivity index (χ4v) is 3.11. The molecule has 156 valence electrons. The second-order valence-corrected chi connectivity index (χ2v) is 7.60. The van der Waals surface area contributed by atoms with Crippen LogP contribution in [0.2, 0.25) is 0 Å². The van der Waals surface area contributed by atoms with Gasteiger partial charge in [-0.1, -0.05) is 5.16 Å². The van der Waals surface area contributed by atoms with Gasteiger partial charge in [-0.25, -0.2) is 0 Å². The number of thioether (sulfide) groups is 1. The first kappa shape index (κ1) is 21.4. The highest BCUT2D eigenvalue weighted by Gasteiger charge is 2.12. The lowest BCUT2D eigenvalue weighted by Gasteiger charge is -2.09. The molecule has 0 aliphatic heterocycles. The molecule has 0 bridgehead atoms. The van der Waals surface area contributed by atoms with Gasteiger partial charge in [-0.15, -0.1) is 0 Å². The molecule has 0 saturated carbocycles. The van der Waals surface area contributed by atoms with Crippen LogP contribution in [0, 0.1) is 0 Å². The summed E-state index contributed by atoms with van der Waals surface area (Å²) in [6.07, 6.45) is 0.542. The lowest BCUT2D eigenvalue weighted by Crippen LogP contribution is -2.16. The number of aryl methyl sites for hydroxylation is 1. The van der Waals surface area contributed by atoms with Crippen LogP contribution < -0.4 is 10.1 Å². The number of nitrogens with zero attached hydrogens (tertiary/aromatic N) is 3. The van der Waals surface area contributed by atoms with Crippen LogP contribution in [-0.2, 0) is 11.2 Å². The van der Waals surface area contributed by atoms with Crippen molar-refractivity contribution in [3.05, 3.63) is 54.4 Å². The summed E-state index contributed by atoms with van der Waals surface area (Å²) in [5.41, 5.74) is 1.46. The zero-order valence-corrected chi connectivity index (χ0v) is 17.7. The molecule has 0 atom stereocenters. The van der Waals surface area contributed by atoms with E-state index in [9.17, 15) is 9.59 Å². The first-order chi connectivity index (χ1) is 14.4. The molecule has 1 heterocycles. The smallest absolute Gasteiger partial charge is 0.285 e. The molecule has 9 heteroatoms. The number of carbonyl (C=O) groups excluding carboxylic acids is 2. The molecule has 8 nitrogen and oxygen atoms in total. The van der Waals surface area contributed by atoms with Gasteiger partial charge in [0.1, 0.15) is 5.75 Å². The van der Waals surface area contributed by atoms with Crippen molar-refractivity contribution in [1.29, 1.82) is 0 Å². The molecule has 30 heavy (non-hydrogen) atoms. The van der Waals surface area contributed by atoms with Gasteiger partial charge in [0.15, 0.2) is 0 Å². The van der Waals surface area contributed by atoms with E-state index in [1.165, 1.54) is 4.90 Å². The number of nitrogens with one attached hydrogen (secondary N) is 1. The molecule has 1 N–H and O–H groups in total. The maximum absolute atomic E-state index is 12.2. The van der Waals surface area contributed by atoms with Gasteiger partial charge in [0, 0.05) is 43.1 Å². The summed E-state index contributed by atoms with van der Waals surface area (Å²) in [5, 5.41) is 6.72. The first-order valence-electron chi connectivity index (χ1n) is 9.20. The minimum absolute atomic E-state index is 0.0552. The van der Waals surface area contributed by atoms with E-state index in [-0.39, 0.29) is 17.6 Å². The van der Waals surface area contributed by atoms with Crippen molar-refractivity contribution in [1.82, 2.24) is 15.0 Å². The van der Waals surface area contributed by atoms with Crippen LogP contribution in [0.3, 0.4) is 0 Å². The van der Waals surface area contributed by atoms with Crippen molar-refractivity contribution in [3.63, 3.8) is 0 Å². The Morgan fingerprint density at radius 2 is 1.80 bits per heavy atom. The van der Waals surface area contributed by atoms with Crippen molar-refractivity contribution < 1.29 is 18.8 Å². The van der Waals surface area contributed by atoms with Gasteiger partial charge in [-0.05, 0) is 60.3 Å². The number of ether oxygens (including phenoxy) is 1. The monoisotopic (exact) mass is 426 g/mol. The minimum Gasteiger partial charge on any atom is -0.497 e. The third-order valence-electron chi connectivity index (χ3n) is 4.09. The molecule has 0 saturated heterocycles. The number of amides is 2. The Kier molecular flexibility index (Phi) is 7.08. The predicted molar refractivity (Wildman–Crippen MR) is 115 cm³/mol. The minimum atomic E-state index is -0.163. The van der Waals surface area contributed by atoms with Crippen LogP contribution in [0.25, 0.3) is 11.4 Å². The molecule has 2 aromatic carbocycles. The average molecular weight is 426 g/mol. The molecule has 3 rings (SSSR count). The zero-order chi connectivity index (χ0) is 21.5. The Balaban J connectivity index is 1.50. The lowest BCUT2D eigenvalue weighted by molar-refractivity contribution is -0.116. The van der Waals surface area contributed by atoms with Gasteiger partial charge < -0.3 is 19.5 Å². The molecule has 2 amide bonds. The Labute approximate surface area is 178 Å². The number of carbonyl (C=O) groups is 2. The Hall–Kier alpha value is -3.33. The summed E-state index contributed by atoms with van der Waals surface area (Å²) < 4.78 is 10.4. The van der Waals surface area contributed by atoms with E-state index >= 15 is 0 Å². The van der Waals surface area contributed by atoms with Crippen LogP contribution in [0.4, 0.5) is 10.5 Å². The largest absolute Gasteiger partial charge is 0.497 e. The second-order valence-electron chi connectivity index (χ2n) is 6.58. The maximum Gasteiger partial charge on any atom is 0.285 e. The van der Waals surface area contributed by atoms with Crippen LogP contribution in [0.1, 0.15) is 12.3 Å². The number of aromatic nitrogens is 2. The normalized spacial score (nSPS) is 10.5. The van der Waals surface area contributed by atoms with Gasteiger partial charge in [0.25, 0.3) is 5.24 Å². The maximum atomic E-state index is 12.2. The van der Waals surface area contributed by atoms with E-state index in [2.05, 4.69) is 15.5 Å². The number of hydrogen-bond acceptors (Lipinski definition) is 7. The lowest BCUT2D eigenvalue weighted by atomic mass is 10.2. The average Bonchev–Trinajstić information content (AvgIpc) is 3.23. The number of methoxy groups -OCH3 is 1. The highest BCUT2D eigenvalue weighted by molar-refractivity contribution is 8.13. The van der Waals surface area contributed by atoms with Crippen LogP contribution >= 0.6 is 11.8 Å². The van der Waals surface area contributed by atoms with Crippen LogP contribution in [-0.4, -0.2) is 47.4 Å². The van der Waals surface area contributed by atoms with Gasteiger partial charge >= 0.3 is 0 Å². The summed E-state index contributed by atoms with van der Waals surface area (Å²) in [7, 11) is 5.01. The van der Waals surface area contributed by atoms with E-state index in [0.29, 0.717) is 23.8 Å². The second kappa shape index (κ2) is 9.93. The van der Waals surface area contributed by atoms with Crippen LogP contribution in [0.15, 0.2) is 57.9 Å². The molecule has 3 aromatic rings. The fraction of sp³-hybridized carbons (Fsp3) is 0.238. The molecule has 0 radical (unpaired) electrons. The topological polar surface area (TPSA) is 97.6 Å². The molecule has 1 aromatic heterocycles. The summed E-state index contributed by atoms with van der Waals surface area (Å²) >= 11 is 1.13. The highest BCUT2D eigenvalue weighted by atomic mass is 32.2. The number of hydrogen-bond donors (Lipinski definition) is 1. The number of rotatable bonds is 7. The number of benzene rings is 2.